The Balaban J connectivity index is 1.42. The maximum atomic E-state index is 13.1. The average molecular weight is 513 g/mol. The first-order valence-corrected chi connectivity index (χ1v) is 15.3. The summed E-state index contributed by atoms with van der Waals surface area (Å²) in [6.07, 6.45) is 18.9. The van der Waals surface area contributed by atoms with Gasteiger partial charge in [0.05, 0.1) is 6.42 Å². The van der Waals surface area contributed by atoms with E-state index in [0.29, 0.717) is 24.4 Å². The Morgan fingerprint density at radius 2 is 1.46 bits per heavy atom. The largest absolute Gasteiger partial charge is 0.367 e. The highest BCUT2D eigenvalue weighted by molar-refractivity contribution is 5.77. The highest BCUT2D eigenvalue weighted by Gasteiger charge is 2.32. The molecule has 2 fully saturated rings. The number of rotatable bonds is 15. The molecule has 1 aromatic rings. The van der Waals surface area contributed by atoms with Gasteiger partial charge in [-0.2, -0.15) is 0 Å². The molecule has 0 unspecified atom stereocenters. The van der Waals surface area contributed by atoms with Gasteiger partial charge in [-0.15, -0.1) is 5.06 Å². The van der Waals surface area contributed by atoms with Crippen molar-refractivity contribution < 1.29 is 14.4 Å². The van der Waals surface area contributed by atoms with E-state index < -0.39 is 0 Å². The van der Waals surface area contributed by atoms with E-state index in [1.165, 1.54) is 44.1 Å². The number of nitrogens with one attached hydrogen (secondary N) is 1. The summed E-state index contributed by atoms with van der Waals surface area (Å²) in [7, 11) is 0. The molecule has 208 valence electrons. The van der Waals surface area contributed by atoms with Gasteiger partial charge in [0.2, 0.25) is 5.91 Å². The second-order valence-electron chi connectivity index (χ2n) is 11.9. The molecule has 0 aliphatic heterocycles. The van der Waals surface area contributed by atoms with Crippen LogP contribution in [0.3, 0.4) is 0 Å². The van der Waals surface area contributed by atoms with Crippen molar-refractivity contribution in [2.75, 3.05) is 0 Å². The molecule has 0 radical (unpaired) electrons. The van der Waals surface area contributed by atoms with Gasteiger partial charge in [0.15, 0.2) is 0 Å². The fraction of sp³-hybridized carbons (Fsp3) is 0.750. The van der Waals surface area contributed by atoms with E-state index in [0.717, 1.165) is 64.2 Å². The number of amides is 1. The third-order valence-electron chi connectivity index (χ3n) is 8.07. The Hall–Kier alpha value is -1.88. The lowest BCUT2D eigenvalue weighted by Gasteiger charge is -2.39. The summed E-state index contributed by atoms with van der Waals surface area (Å²) in [5.41, 5.74) is 1.38. The van der Waals surface area contributed by atoms with Crippen LogP contribution in [0.5, 0.6) is 0 Å². The number of carbonyl (C=O) groups excluding carboxylic acids is 2. The maximum Gasteiger partial charge on any atom is 0.327 e. The zero-order valence-corrected chi connectivity index (χ0v) is 23.6. The van der Waals surface area contributed by atoms with E-state index >= 15 is 0 Å². The summed E-state index contributed by atoms with van der Waals surface area (Å²) in [6, 6.07) is 11.2. The summed E-state index contributed by atoms with van der Waals surface area (Å²) in [5, 5.41) is 5.27. The van der Waals surface area contributed by atoms with Gasteiger partial charge in [0, 0.05) is 24.5 Å². The normalized spacial score (nSPS) is 18.2. The average Bonchev–Trinajstić information content (AvgIpc) is 2.90. The molecular weight excluding hydrogens is 460 g/mol. The standard InChI is InChI=1S/C32H52N2O3/c1-26(2)24-28(33-31(35)23-15-4-3-8-16-27-17-9-5-10-18-27)25-32(36)37-34(29-19-11-6-12-20-29)30-21-13-7-14-22-30/h5,9-10,17-18,26,28-30H,3-4,6-8,11-16,19-25H2,1-2H3,(H,33,35)/t28-/m1/s1. The van der Waals surface area contributed by atoms with Crippen molar-refractivity contribution >= 4 is 11.9 Å². The molecule has 2 aliphatic carbocycles. The second kappa shape index (κ2) is 16.9. The van der Waals surface area contributed by atoms with Crippen molar-refractivity contribution in [2.45, 2.75) is 148 Å². The molecule has 1 atom stereocenters. The molecule has 0 spiro atoms. The van der Waals surface area contributed by atoms with E-state index in [9.17, 15) is 9.59 Å². The van der Waals surface area contributed by atoms with Crippen LogP contribution in [0.15, 0.2) is 30.3 Å². The van der Waals surface area contributed by atoms with Gasteiger partial charge in [0.25, 0.3) is 0 Å². The molecule has 1 aromatic carbocycles. The molecule has 5 nitrogen and oxygen atoms in total. The van der Waals surface area contributed by atoms with E-state index in [-0.39, 0.29) is 24.3 Å². The molecular formula is C32H52N2O3. The van der Waals surface area contributed by atoms with Gasteiger partial charge >= 0.3 is 5.97 Å². The molecule has 0 saturated heterocycles. The van der Waals surface area contributed by atoms with Gasteiger partial charge < -0.3 is 10.2 Å². The van der Waals surface area contributed by atoms with E-state index in [2.05, 4.69) is 54.6 Å². The van der Waals surface area contributed by atoms with E-state index in [1.807, 2.05) is 0 Å². The number of hydroxylamine groups is 2. The number of carbonyl (C=O) groups is 2. The van der Waals surface area contributed by atoms with Crippen molar-refractivity contribution in [3.63, 3.8) is 0 Å². The summed E-state index contributed by atoms with van der Waals surface area (Å²) >= 11 is 0. The highest BCUT2D eigenvalue weighted by Crippen LogP contribution is 2.30. The van der Waals surface area contributed by atoms with Gasteiger partial charge in [-0.25, -0.2) is 0 Å². The van der Waals surface area contributed by atoms with Gasteiger partial charge in [0.1, 0.15) is 0 Å². The Labute approximate surface area is 226 Å². The van der Waals surface area contributed by atoms with Crippen LogP contribution in [-0.2, 0) is 20.8 Å². The first-order chi connectivity index (χ1) is 18.0. The number of benzene rings is 1. The minimum Gasteiger partial charge on any atom is -0.367 e. The number of nitrogens with zero attached hydrogens (tertiary/aromatic N) is 1. The zero-order valence-electron chi connectivity index (χ0n) is 23.6. The van der Waals surface area contributed by atoms with Crippen LogP contribution in [0.25, 0.3) is 0 Å². The molecule has 1 amide bonds. The smallest absolute Gasteiger partial charge is 0.327 e. The summed E-state index contributed by atoms with van der Waals surface area (Å²) in [5.74, 6) is 0.296. The zero-order chi connectivity index (χ0) is 26.3. The predicted octanol–water partition coefficient (Wildman–Crippen LogP) is 7.53. The molecule has 2 aliphatic rings. The topological polar surface area (TPSA) is 58.6 Å². The second-order valence-corrected chi connectivity index (χ2v) is 11.9. The molecule has 1 N–H and O–H groups in total. The minimum absolute atomic E-state index is 0.0675. The Morgan fingerprint density at radius 3 is 2.05 bits per heavy atom. The summed E-state index contributed by atoms with van der Waals surface area (Å²) < 4.78 is 0. The number of hydrogen-bond acceptors (Lipinski definition) is 4. The molecule has 2 saturated carbocycles. The van der Waals surface area contributed by atoms with Crippen LogP contribution < -0.4 is 5.32 Å². The summed E-state index contributed by atoms with van der Waals surface area (Å²) in [6.45, 7) is 4.29. The van der Waals surface area contributed by atoms with Crippen molar-refractivity contribution in [1.29, 1.82) is 0 Å². The van der Waals surface area contributed by atoms with Crippen LogP contribution in [0, 0.1) is 5.92 Å². The van der Waals surface area contributed by atoms with Crippen LogP contribution >= 0.6 is 0 Å². The number of hydrogen-bond donors (Lipinski definition) is 1. The van der Waals surface area contributed by atoms with Gasteiger partial charge in [-0.05, 0) is 62.8 Å². The lowest BCUT2D eigenvalue weighted by atomic mass is 9.90. The van der Waals surface area contributed by atoms with Crippen LogP contribution in [-0.4, -0.2) is 35.1 Å². The Kier molecular flexibility index (Phi) is 13.5. The predicted molar refractivity (Wildman–Crippen MR) is 151 cm³/mol. The van der Waals surface area contributed by atoms with Crippen molar-refractivity contribution in [3.05, 3.63) is 35.9 Å². The Bertz CT molecular complexity index is 751. The van der Waals surface area contributed by atoms with Gasteiger partial charge in [-0.3, -0.25) is 9.59 Å². The van der Waals surface area contributed by atoms with Crippen LogP contribution in [0.1, 0.15) is 129 Å². The van der Waals surface area contributed by atoms with Crippen LogP contribution in [0.2, 0.25) is 0 Å². The molecule has 5 heteroatoms. The van der Waals surface area contributed by atoms with Crippen molar-refractivity contribution in [3.8, 4) is 0 Å². The SMILES string of the molecule is CC(C)C[C@H](CC(=O)ON(C1CCCCC1)C1CCCCC1)NC(=O)CCCCCCc1ccccc1. The van der Waals surface area contributed by atoms with Crippen molar-refractivity contribution in [1.82, 2.24) is 10.4 Å². The molecule has 0 bridgehead atoms. The Morgan fingerprint density at radius 1 is 0.865 bits per heavy atom. The number of aryl methyl sites for hydroxylation is 1. The van der Waals surface area contributed by atoms with E-state index in [1.54, 1.807) is 0 Å². The molecule has 3 rings (SSSR count). The first kappa shape index (κ1) is 29.7. The van der Waals surface area contributed by atoms with Crippen LogP contribution in [0.4, 0.5) is 0 Å². The summed E-state index contributed by atoms with van der Waals surface area (Å²) in [4.78, 5) is 32.0. The van der Waals surface area contributed by atoms with Gasteiger partial charge in [-0.1, -0.05) is 95.5 Å². The van der Waals surface area contributed by atoms with Crippen molar-refractivity contribution in [2.24, 2.45) is 5.92 Å². The minimum atomic E-state index is -0.178. The fourth-order valence-electron chi connectivity index (χ4n) is 6.15. The lowest BCUT2D eigenvalue weighted by Crippen LogP contribution is -2.47. The molecule has 0 aromatic heterocycles. The quantitative estimate of drug-likeness (QED) is 0.195. The molecule has 37 heavy (non-hydrogen) atoms. The molecule has 0 heterocycles. The first-order valence-electron chi connectivity index (χ1n) is 15.3. The lowest BCUT2D eigenvalue weighted by molar-refractivity contribution is -0.223. The highest BCUT2D eigenvalue weighted by atomic mass is 16.7. The third-order valence-corrected chi connectivity index (χ3v) is 8.07. The third kappa shape index (κ3) is 11.6. The number of unbranched alkanes of at least 4 members (excludes halogenated alkanes) is 3. The van der Waals surface area contributed by atoms with E-state index in [4.69, 9.17) is 4.84 Å². The monoisotopic (exact) mass is 512 g/mol. The fourth-order valence-corrected chi connectivity index (χ4v) is 6.15. The maximum absolute atomic E-state index is 13.1.